The molecule has 1 aromatic rings. The van der Waals surface area contributed by atoms with Gasteiger partial charge in [0.15, 0.2) is 5.96 Å². The first-order chi connectivity index (χ1) is 15.1. The number of rotatable bonds is 9. The fraction of sp³-hybridized carbons (Fsp3) is 0.667. The summed E-state index contributed by atoms with van der Waals surface area (Å²) in [6.45, 7) is 6.55. The number of carbonyl (C=O) groups is 1. The maximum absolute atomic E-state index is 12.1. The maximum Gasteiger partial charge on any atom is 0.243 e. The highest BCUT2D eigenvalue weighted by Crippen LogP contribution is 2.40. The molecule has 3 rings (SSSR count). The average molecular weight is 558 g/mol. The van der Waals surface area contributed by atoms with Crippen molar-refractivity contribution in [2.45, 2.75) is 37.5 Å². The summed E-state index contributed by atoms with van der Waals surface area (Å²) in [6, 6.07) is 10.8. The van der Waals surface area contributed by atoms with Gasteiger partial charge < -0.3 is 20.3 Å². The largest absolute Gasteiger partial charge is 0.379 e. The Bertz CT molecular complexity index is 702. The zero-order valence-electron chi connectivity index (χ0n) is 19.6. The van der Waals surface area contributed by atoms with Gasteiger partial charge in [-0.15, -0.1) is 24.0 Å². The Hall–Kier alpha value is -1.39. The first-order valence-corrected chi connectivity index (χ1v) is 11.7. The van der Waals surface area contributed by atoms with Gasteiger partial charge >= 0.3 is 0 Å². The van der Waals surface area contributed by atoms with E-state index in [4.69, 9.17) is 4.74 Å². The van der Waals surface area contributed by atoms with Crippen LogP contribution in [-0.4, -0.2) is 88.2 Å². The number of likely N-dealkylation sites (N-methyl/N-ethyl adjacent to an activating group) is 1. The maximum atomic E-state index is 12.1. The summed E-state index contributed by atoms with van der Waals surface area (Å²) in [5, 5.41) is 7.02. The first-order valence-electron chi connectivity index (χ1n) is 11.7. The van der Waals surface area contributed by atoms with Gasteiger partial charge in [-0.25, -0.2) is 4.99 Å². The minimum Gasteiger partial charge on any atom is -0.379 e. The van der Waals surface area contributed by atoms with Gasteiger partial charge in [0.25, 0.3) is 0 Å². The second-order valence-electron chi connectivity index (χ2n) is 8.89. The normalized spacial score (nSPS) is 18.6. The first kappa shape index (κ1) is 26.9. The van der Waals surface area contributed by atoms with E-state index in [0.717, 1.165) is 58.3 Å². The number of nitrogens with one attached hydrogen (secondary N) is 2. The summed E-state index contributed by atoms with van der Waals surface area (Å²) in [5.74, 6) is 0.743. The summed E-state index contributed by atoms with van der Waals surface area (Å²) in [7, 11) is 3.54. The zero-order valence-corrected chi connectivity index (χ0v) is 22.0. The van der Waals surface area contributed by atoms with Crippen LogP contribution in [-0.2, 0) is 14.9 Å². The van der Waals surface area contributed by atoms with Gasteiger partial charge in [0, 0.05) is 45.7 Å². The topological polar surface area (TPSA) is 69.2 Å². The molecule has 0 bridgehead atoms. The Morgan fingerprint density at radius 1 is 1.12 bits per heavy atom. The van der Waals surface area contributed by atoms with E-state index in [1.165, 1.54) is 31.2 Å². The van der Waals surface area contributed by atoms with Gasteiger partial charge in [0.05, 0.1) is 13.2 Å². The molecule has 2 N–H and O–H groups in total. The number of ether oxygens (including phenoxy) is 1. The molecule has 1 heterocycles. The molecule has 0 unspecified atom stereocenters. The van der Waals surface area contributed by atoms with Crippen LogP contribution in [0, 0.1) is 0 Å². The van der Waals surface area contributed by atoms with Gasteiger partial charge in [-0.3, -0.25) is 9.69 Å². The molecule has 8 heteroatoms. The number of morpholine rings is 1. The molecule has 32 heavy (non-hydrogen) atoms. The van der Waals surface area contributed by atoms with Gasteiger partial charge in [-0.1, -0.05) is 43.2 Å². The van der Waals surface area contributed by atoms with Crippen LogP contribution in [0.5, 0.6) is 0 Å². The van der Waals surface area contributed by atoms with E-state index < -0.39 is 0 Å². The quantitative estimate of drug-likeness (QED) is 0.212. The van der Waals surface area contributed by atoms with Crippen LogP contribution < -0.4 is 10.6 Å². The number of halogens is 1. The van der Waals surface area contributed by atoms with E-state index in [-0.39, 0.29) is 41.8 Å². The van der Waals surface area contributed by atoms with Crippen molar-refractivity contribution in [1.29, 1.82) is 0 Å². The zero-order chi connectivity index (χ0) is 21.9. The highest BCUT2D eigenvalue weighted by molar-refractivity contribution is 14.0. The molecule has 1 saturated carbocycles. The van der Waals surface area contributed by atoms with Crippen molar-refractivity contribution >= 4 is 35.8 Å². The molecule has 2 aliphatic rings. The molecule has 0 aromatic heterocycles. The Morgan fingerprint density at radius 2 is 1.81 bits per heavy atom. The Morgan fingerprint density at radius 3 is 2.47 bits per heavy atom. The highest BCUT2D eigenvalue weighted by atomic mass is 127. The predicted octanol–water partition coefficient (Wildman–Crippen LogP) is 2.46. The fourth-order valence-electron chi connectivity index (χ4n) is 4.46. The molecule has 0 radical (unpaired) electrons. The van der Waals surface area contributed by atoms with Crippen LogP contribution in [0.1, 0.15) is 37.7 Å². The second kappa shape index (κ2) is 14.0. The van der Waals surface area contributed by atoms with Crippen molar-refractivity contribution in [2.75, 3.05) is 66.6 Å². The van der Waals surface area contributed by atoms with Crippen molar-refractivity contribution in [3.05, 3.63) is 35.9 Å². The van der Waals surface area contributed by atoms with Crippen LogP contribution in [0.15, 0.2) is 35.3 Å². The molecule has 0 atom stereocenters. The Labute approximate surface area is 210 Å². The SMILES string of the molecule is CN(C)C(=O)CN=C(NCCCN1CCOCC1)NCC1(c2ccccc2)CCCC1.I. The number of nitrogens with zero attached hydrogens (tertiary/aromatic N) is 3. The van der Waals surface area contributed by atoms with Crippen LogP contribution in [0.25, 0.3) is 0 Å². The number of aliphatic imine (C=N–C) groups is 1. The number of carbonyl (C=O) groups excluding carboxylic acids is 1. The van der Waals surface area contributed by atoms with Crippen LogP contribution in [0.2, 0.25) is 0 Å². The fourth-order valence-corrected chi connectivity index (χ4v) is 4.46. The highest BCUT2D eigenvalue weighted by Gasteiger charge is 2.35. The van der Waals surface area contributed by atoms with Crippen LogP contribution in [0.3, 0.4) is 0 Å². The van der Waals surface area contributed by atoms with E-state index in [9.17, 15) is 4.79 Å². The van der Waals surface area contributed by atoms with Gasteiger partial charge in [0.2, 0.25) is 5.91 Å². The van der Waals surface area contributed by atoms with Crippen molar-refractivity contribution < 1.29 is 9.53 Å². The van der Waals surface area contributed by atoms with E-state index >= 15 is 0 Å². The summed E-state index contributed by atoms with van der Waals surface area (Å²) in [6.07, 6.45) is 5.92. The average Bonchev–Trinajstić information content (AvgIpc) is 3.29. The molecule has 180 valence electrons. The number of guanidine groups is 1. The lowest BCUT2D eigenvalue weighted by Gasteiger charge is -2.31. The van der Waals surface area contributed by atoms with E-state index in [1.807, 2.05) is 0 Å². The number of hydrogen-bond donors (Lipinski definition) is 2. The monoisotopic (exact) mass is 557 g/mol. The number of benzene rings is 1. The van der Waals surface area contributed by atoms with Crippen LogP contribution >= 0.6 is 24.0 Å². The third-order valence-electron chi connectivity index (χ3n) is 6.46. The van der Waals surface area contributed by atoms with E-state index in [0.29, 0.717) is 0 Å². The van der Waals surface area contributed by atoms with Crippen LogP contribution in [0.4, 0.5) is 0 Å². The lowest BCUT2D eigenvalue weighted by atomic mass is 9.79. The molecule has 0 spiro atoms. The van der Waals surface area contributed by atoms with E-state index in [2.05, 4.69) is 50.9 Å². The summed E-state index contributed by atoms with van der Waals surface area (Å²) >= 11 is 0. The minimum atomic E-state index is 0. The summed E-state index contributed by atoms with van der Waals surface area (Å²) in [4.78, 5) is 20.7. The Balaban J connectivity index is 0.00000363. The molecule has 1 aliphatic heterocycles. The third kappa shape index (κ3) is 8.19. The molecule has 2 fully saturated rings. The molecule has 1 aliphatic carbocycles. The number of amides is 1. The summed E-state index contributed by atoms with van der Waals surface area (Å²) < 4.78 is 5.42. The molecule has 7 nitrogen and oxygen atoms in total. The van der Waals surface area contributed by atoms with Gasteiger partial charge in [0.1, 0.15) is 6.54 Å². The van der Waals surface area contributed by atoms with Crippen molar-refractivity contribution in [2.24, 2.45) is 4.99 Å². The lowest BCUT2D eigenvalue weighted by molar-refractivity contribution is -0.127. The Kier molecular flexibility index (Phi) is 11.7. The van der Waals surface area contributed by atoms with Gasteiger partial charge in [-0.05, 0) is 31.4 Å². The van der Waals surface area contributed by atoms with Gasteiger partial charge in [-0.2, -0.15) is 0 Å². The molecular formula is C24H40IN5O2. The third-order valence-corrected chi connectivity index (χ3v) is 6.46. The molecule has 1 saturated heterocycles. The van der Waals surface area contributed by atoms with E-state index in [1.54, 1.807) is 19.0 Å². The lowest BCUT2D eigenvalue weighted by Crippen LogP contribution is -2.46. The molecule has 1 amide bonds. The molecular weight excluding hydrogens is 517 g/mol. The summed E-state index contributed by atoms with van der Waals surface area (Å²) in [5.41, 5.74) is 1.54. The second-order valence-corrected chi connectivity index (χ2v) is 8.89. The predicted molar refractivity (Wildman–Crippen MR) is 141 cm³/mol. The molecule has 1 aromatic carbocycles. The smallest absolute Gasteiger partial charge is 0.243 e. The standard InChI is InChI=1S/C24H39N5O2.HI/c1-28(2)22(30)19-26-23(25-13-8-14-29-15-17-31-18-16-29)27-20-24(11-6-7-12-24)21-9-4-3-5-10-21;/h3-5,9-10H,6-8,11-20H2,1-2H3,(H2,25,26,27);1H. The minimum absolute atomic E-state index is 0. The van der Waals surface area contributed by atoms with Crippen molar-refractivity contribution in [3.8, 4) is 0 Å². The van der Waals surface area contributed by atoms with Crippen molar-refractivity contribution in [3.63, 3.8) is 0 Å². The number of hydrogen-bond acceptors (Lipinski definition) is 4. The van der Waals surface area contributed by atoms with Crippen molar-refractivity contribution in [1.82, 2.24) is 20.4 Å².